The van der Waals surface area contributed by atoms with Crippen molar-refractivity contribution in [1.82, 2.24) is 14.5 Å². The Kier molecular flexibility index (Phi) is 4.84. The zero-order valence-electron chi connectivity index (χ0n) is 12.9. The second-order valence-electron chi connectivity index (χ2n) is 5.38. The molecule has 26 heavy (non-hydrogen) atoms. The van der Waals surface area contributed by atoms with Gasteiger partial charge in [-0.25, -0.2) is 14.5 Å². The Hall–Kier alpha value is -2.28. The fraction of sp³-hybridized carbons (Fsp3) is 0.455. The number of rotatable bonds is 5. The Morgan fingerprint density at radius 1 is 1.46 bits per heavy atom. The summed E-state index contributed by atoms with van der Waals surface area (Å²) < 4.78 is 21.7. The van der Waals surface area contributed by atoms with Crippen molar-refractivity contribution in [2.45, 2.75) is 24.5 Å². The Bertz CT molecular complexity index is 923. The number of anilines is 1. The number of aromatic nitrogens is 3. The van der Waals surface area contributed by atoms with Gasteiger partial charge in [0.15, 0.2) is 11.9 Å². The molecule has 1 saturated heterocycles. The maximum Gasteiger partial charge on any atom is 0.469 e. The topological polar surface area (TPSA) is 222 Å². The number of hydrogen-bond acceptors (Lipinski definition) is 9. The van der Waals surface area contributed by atoms with Crippen LogP contribution in [0.5, 0.6) is 0 Å². The molecule has 1 fully saturated rings. The van der Waals surface area contributed by atoms with E-state index in [-0.39, 0.29) is 22.8 Å². The summed E-state index contributed by atoms with van der Waals surface area (Å²) in [4.78, 5) is 28.3. The summed E-state index contributed by atoms with van der Waals surface area (Å²) in [5, 5.41) is 23.8. The van der Waals surface area contributed by atoms with Gasteiger partial charge in [0, 0.05) is 11.1 Å². The fourth-order valence-electron chi connectivity index (χ4n) is 2.59. The van der Waals surface area contributed by atoms with Gasteiger partial charge in [-0.3, -0.25) is 9.09 Å². The molecule has 2 aromatic heterocycles. The Balaban J connectivity index is 2.00. The normalized spacial score (nSPS) is 26.2. The van der Waals surface area contributed by atoms with Crippen LogP contribution in [0.4, 0.5) is 11.6 Å². The van der Waals surface area contributed by atoms with E-state index in [1.807, 2.05) is 0 Å². The lowest BCUT2D eigenvalue weighted by Gasteiger charge is -2.18. The van der Waals surface area contributed by atoms with E-state index in [0.717, 1.165) is 4.57 Å². The molecule has 15 heteroatoms. The molecule has 1 aliphatic heterocycles. The summed E-state index contributed by atoms with van der Waals surface area (Å²) in [5.41, 5.74) is 15.1. The number of phosphoric ester groups is 1. The number of ether oxygens (including phenoxy) is 1. The zero-order chi connectivity index (χ0) is 19.1. The SMILES string of the molecule is [N-]=[N+]=Nc1nc2c(N)ccnc2n1[C@@H]1OC(COP(=O)(O)O)[C@@H](O)[C@H]1O. The quantitative estimate of drug-likeness (QED) is 0.195. The summed E-state index contributed by atoms with van der Waals surface area (Å²) in [6.45, 7) is -0.682. The van der Waals surface area contributed by atoms with E-state index < -0.39 is 39.0 Å². The Morgan fingerprint density at radius 2 is 2.19 bits per heavy atom. The maximum absolute atomic E-state index is 10.8. The molecule has 0 bridgehead atoms. The van der Waals surface area contributed by atoms with Crippen molar-refractivity contribution in [1.29, 1.82) is 0 Å². The van der Waals surface area contributed by atoms with Gasteiger partial charge in [-0.15, -0.1) is 0 Å². The van der Waals surface area contributed by atoms with Gasteiger partial charge in [-0.1, -0.05) is 0 Å². The minimum Gasteiger partial charge on any atom is -0.397 e. The van der Waals surface area contributed by atoms with Crippen LogP contribution in [0.1, 0.15) is 6.23 Å². The molecule has 0 radical (unpaired) electrons. The molecule has 3 rings (SSSR count). The predicted octanol–water partition coefficient (Wildman–Crippen LogP) is -0.316. The minimum atomic E-state index is -4.80. The highest BCUT2D eigenvalue weighted by atomic mass is 31.2. The van der Waals surface area contributed by atoms with Gasteiger partial charge in [-0.2, -0.15) is 0 Å². The van der Waals surface area contributed by atoms with Crippen LogP contribution >= 0.6 is 7.82 Å². The van der Waals surface area contributed by atoms with Crippen molar-refractivity contribution >= 4 is 30.6 Å². The van der Waals surface area contributed by atoms with E-state index in [9.17, 15) is 14.8 Å². The molecular weight excluding hydrogens is 373 g/mol. The van der Waals surface area contributed by atoms with Crippen LogP contribution < -0.4 is 5.73 Å². The Labute approximate surface area is 144 Å². The number of aliphatic hydroxyl groups is 2. The van der Waals surface area contributed by atoms with Crippen molar-refractivity contribution < 1.29 is 33.8 Å². The highest BCUT2D eigenvalue weighted by Gasteiger charge is 2.46. The predicted molar refractivity (Wildman–Crippen MR) is 84.7 cm³/mol. The first-order valence-corrected chi connectivity index (χ1v) is 8.65. The molecule has 1 unspecified atom stereocenters. The van der Waals surface area contributed by atoms with Gasteiger partial charge in [-0.05, 0) is 16.7 Å². The number of hydrogen-bond donors (Lipinski definition) is 5. The van der Waals surface area contributed by atoms with E-state index >= 15 is 0 Å². The first-order valence-electron chi connectivity index (χ1n) is 7.12. The van der Waals surface area contributed by atoms with Crippen molar-refractivity contribution in [3.63, 3.8) is 0 Å². The van der Waals surface area contributed by atoms with E-state index in [1.165, 1.54) is 12.3 Å². The van der Waals surface area contributed by atoms with Crippen LogP contribution in [-0.2, 0) is 13.8 Å². The third-order valence-corrected chi connectivity index (χ3v) is 4.21. The molecule has 0 saturated carbocycles. The molecule has 0 spiro atoms. The lowest BCUT2D eigenvalue weighted by Crippen LogP contribution is -2.33. The molecule has 140 valence electrons. The summed E-state index contributed by atoms with van der Waals surface area (Å²) in [7, 11) is -4.80. The van der Waals surface area contributed by atoms with Crippen LogP contribution in [0.25, 0.3) is 21.6 Å². The number of phosphoric acid groups is 1. The van der Waals surface area contributed by atoms with Crippen molar-refractivity contribution in [2.24, 2.45) is 5.11 Å². The molecule has 4 atom stereocenters. The summed E-state index contributed by atoms with van der Waals surface area (Å²) in [5.74, 6) is -0.222. The number of nitrogens with two attached hydrogens (primary N) is 1. The summed E-state index contributed by atoms with van der Waals surface area (Å²) >= 11 is 0. The monoisotopic (exact) mass is 387 g/mol. The van der Waals surface area contributed by atoms with Crippen LogP contribution in [0.2, 0.25) is 0 Å². The number of nitrogens with zero attached hydrogens (tertiary/aromatic N) is 6. The molecule has 2 aromatic rings. The van der Waals surface area contributed by atoms with Crippen LogP contribution in [0.3, 0.4) is 0 Å². The van der Waals surface area contributed by atoms with Crippen molar-refractivity contribution in [2.75, 3.05) is 12.3 Å². The molecular formula is C11H14N7O7P. The molecule has 14 nitrogen and oxygen atoms in total. The lowest BCUT2D eigenvalue weighted by molar-refractivity contribution is -0.0495. The second-order valence-corrected chi connectivity index (χ2v) is 6.62. The van der Waals surface area contributed by atoms with Gasteiger partial charge in [0.1, 0.15) is 23.8 Å². The molecule has 1 aliphatic rings. The third-order valence-electron chi connectivity index (χ3n) is 3.72. The maximum atomic E-state index is 10.8. The average Bonchev–Trinajstić information content (AvgIpc) is 3.05. The zero-order valence-corrected chi connectivity index (χ0v) is 13.8. The van der Waals surface area contributed by atoms with Crippen molar-refractivity contribution in [3.8, 4) is 0 Å². The van der Waals surface area contributed by atoms with E-state index in [1.54, 1.807) is 0 Å². The van der Waals surface area contributed by atoms with E-state index in [0.29, 0.717) is 0 Å². The first kappa shape index (κ1) is 18.5. The Morgan fingerprint density at radius 3 is 2.85 bits per heavy atom. The van der Waals surface area contributed by atoms with Crippen LogP contribution in [0, 0.1) is 0 Å². The van der Waals surface area contributed by atoms with Crippen LogP contribution in [0.15, 0.2) is 17.4 Å². The molecule has 6 N–H and O–H groups in total. The highest BCUT2D eigenvalue weighted by molar-refractivity contribution is 7.46. The summed E-state index contributed by atoms with van der Waals surface area (Å²) in [6, 6.07) is 1.47. The average molecular weight is 387 g/mol. The van der Waals surface area contributed by atoms with Gasteiger partial charge < -0.3 is 30.5 Å². The summed E-state index contributed by atoms with van der Waals surface area (Å²) in [6.07, 6.45) is -4.30. The first-order chi connectivity index (χ1) is 12.2. The largest absolute Gasteiger partial charge is 0.469 e. The van der Waals surface area contributed by atoms with E-state index in [2.05, 4.69) is 24.5 Å². The number of azide groups is 1. The third kappa shape index (κ3) is 3.35. The number of nitrogen functional groups attached to an aromatic ring is 1. The number of imidazole rings is 1. The number of pyridine rings is 1. The molecule has 0 aromatic carbocycles. The standard InChI is InChI=1S/C11H14N7O7P/c12-4-1-2-14-9-6(4)15-11(16-17-13)18(9)10-8(20)7(19)5(25-10)3-24-26(21,22)23/h1-2,5,7-8,10,19-20H,3H2,(H2,12,14)(H2,21,22,23)/t5?,7-,8-,10-/m1/s1. The van der Waals surface area contributed by atoms with Crippen molar-refractivity contribution in [3.05, 3.63) is 22.7 Å². The molecule has 0 aliphatic carbocycles. The van der Waals surface area contributed by atoms with Crippen LogP contribution in [-0.4, -0.2) is 59.5 Å². The smallest absolute Gasteiger partial charge is 0.397 e. The van der Waals surface area contributed by atoms with Gasteiger partial charge in [0.25, 0.3) is 0 Å². The second kappa shape index (κ2) is 6.79. The fourth-order valence-corrected chi connectivity index (χ4v) is 2.93. The van der Waals surface area contributed by atoms with Gasteiger partial charge >= 0.3 is 7.82 Å². The molecule has 0 amide bonds. The molecule has 3 heterocycles. The van der Waals surface area contributed by atoms with Gasteiger partial charge in [0.2, 0.25) is 5.95 Å². The highest BCUT2D eigenvalue weighted by Crippen LogP contribution is 2.40. The minimum absolute atomic E-state index is 0.125. The number of fused-ring (bicyclic) bond motifs is 1. The van der Waals surface area contributed by atoms with Gasteiger partial charge in [0.05, 0.1) is 12.3 Å². The van der Waals surface area contributed by atoms with E-state index in [4.69, 9.17) is 25.8 Å². The lowest BCUT2D eigenvalue weighted by atomic mass is 10.1. The number of aliphatic hydroxyl groups excluding tert-OH is 2.